The summed E-state index contributed by atoms with van der Waals surface area (Å²) in [6.07, 6.45) is 1.96. The number of furan rings is 1. The van der Waals surface area contributed by atoms with Gasteiger partial charge in [0, 0.05) is 11.6 Å². The Bertz CT molecular complexity index is 1440. The molecule has 1 saturated heterocycles. The summed E-state index contributed by atoms with van der Waals surface area (Å²) in [7, 11) is -4.55. The van der Waals surface area contributed by atoms with E-state index in [9.17, 15) is 27.2 Å². The SMILES string of the molecule is CC(C)CC(NC(=O)c1cc2cc(F)ccc2o1)C(=O)N([C@H]1CCCNCC1=O)S(=O)(=O)c1ccccn1. The molecule has 0 saturated carbocycles. The van der Waals surface area contributed by atoms with Crippen molar-refractivity contribution in [2.75, 3.05) is 13.1 Å². The second-order valence-electron chi connectivity index (χ2n) is 9.56. The Balaban J connectivity index is 1.71. The molecule has 10 nitrogen and oxygen atoms in total. The van der Waals surface area contributed by atoms with Crippen LogP contribution < -0.4 is 10.6 Å². The van der Waals surface area contributed by atoms with E-state index in [1.165, 1.54) is 48.7 Å². The number of sulfonamides is 1. The maximum atomic E-state index is 14.0. The van der Waals surface area contributed by atoms with Gasteiger partial charge in [-0.25, -0.2) is 13.7 Å². The van der Waals surface area contributed by atoms with Crippen molar-refractivity contribution >= 4 is 38.6 Å². The van der Waals surface area contributed by atoms with Crippen LogP contribution in [0.25, 0.3) is 11.0 Å². The summed E-state index contributed by atoms with van der Waals surface area (Å²) in [6.45, 7) is 4.03. The van der Waals surface area contributed by atoms with Crippen molar-refractivity contribution in [2.24, 2.45) is 5.92 Å². The van der Waals surface area contributed by atoms with Crippen molar-refractivity contribution in [1.29, 1.82) is 0 Å². The topological polar surface area (TPSA) is 139 Å². The number of fused-ring (bicyclic) bond motifs is 1. The molecule has 2 atom stereocenters. The van der Waals surface area contributed by atoms with Gasteiger partial charge in [0.05, 0.1) is 6.54 Å². The minimum atomic E-state index is -4.55. The zero-order valence-corrected chi connectivity index (χ0v) is 21.8. The van der Waals surface area contributed by atoms with Gasteiger partial charge < -0.3 is 15.1 Å². The first-order valence-electron chi connectivity index (χ1n) is 12.3. The lowest BCUT2D eigenvalue weighted by Gasteiger charge is -2.32. The van der Waals surface area contributed by atoms with Crippen LogP contribution in [-0.4, -0.2) is 60.5 Å². The van der Waals surface area contributed by atoms with Gasteiger partial charge in [0.25, 0.3) is 21.8 Å². The van der Waals surface area contributed by atoms with Gasteiger partial charge in [0.15, 0.2) is 16.6 Å². The molecule has 1 fully saturated rings. The third-order valence-electron chi connectivity index (χ3n) is 6.18. The number of Topliss-reactive ketones (excluding diaryl/α,β-unsaturated/α-hetero) is 1. The number of amides is 2. The Morgan fingerprint density at radius 1 is 1.24 bits per heavy atom. The van der Waals surface area contributed by atoms with E-state index in [0.717, 1.165) is 0 Å². The zero-order chi connectivity index (χ0) is 27.4. The predicted octanol–water partition coefficient (Wildman–Crippen LogP) is 2.65. The summed E-state index contributed by atoms with van der Waals surface area (Å²) in [5.74, 6) is -2.97. The molecule has 0 spiro atoms. The smallest absolute Gasteiger partial charge is 0.287 e. The summed E-state index contributed by atoms with van der Waals surface area (Å²) in [4.78, 5) is 44.0. The van der Waals surface area contributed by atoms with Gasteiger partial charge in [-0.2, -0.15) is 8.42 Å². The van der Waals surface area contributed by atoms with Gasteiger partial charge >= 0.3 is 0 Å². The molecule has 0 radical (unpaired) electrons. The highest BCUT2D eigenvalue weighted by Gasteiger charge is 2.43. The second kappa shape index (κ2) is 11.4. The number of hydrogen-bond acceptors (Lipinski definition) is 8. The summed E-state index contributed by atoms with van der Waals surface area (Å²) in [6, 6.07) is 6.82. The van der Waals surface area contributed by atoms with Gasteiger partial charge in [-0.3, -0.25) is 14.4 Å². The number of nitrogens with zero attached hydrogens (tertiary/aromatic N) is 2. The highest BCUT2D eigenvalue weighted by molar-refractivity contribution is 7.89. The molecule has 2 amide bonds. The number of carbonyl (C=O) groups excluding carboxylic acids is 3. The lowest BCUT2D eigenvalue weighted by Crippen LogP contribution is -2.56. The molecule has 1 aromatic carbocycles. The zero-order valence-electron chi connectivity index (χ0n) is 21.0. The van der Waals surface area contributed by atoms with E-state index < -0.39 is 45.5 Å². The second-order valence-corrected chi connectivity index (χ2v) is 11.3. The van der Waals surface area contributed by atoms with Crippen molar-refractivity contribution in [1.82, 2.24) is 19.9 Å². The van der Waals surface area contributed by atoms with Crippen LogP contribution in [0.2, 0.25) is 0 Å². The standard InChI is InChI=1S/C26H29FN4O6S/c1-16(2)12-19(30-25(33)23-14-17-13-18(27)8-9-22(17)37-23)26(34)31(20-6-5-10-28-15-21(20)32)38(35,36)24-7-3-4-11-29-24/h3-4,7-9,11,13-14,16,19-20,28H,5-6,10,12,15H2,1-2H3,(H,30,33)/t19?,20-/m0/s1. The van der Waals surface area contributed by atoms with Gasteiger partial charge in [0.1, 0.15) is 23.5 Å². The maximum Gasteiger partial charge on any atom is 0.287 e. The van der Waals surface area contributed by atoms with E-state index >= 15 is 0 Å². The van der Waals surface area contributed by atoms with Crippen LogP contribution in [0, 0.1) is 11.7 Å². The van der Waals surface area contributed by atoms with Crippen molar-refractivity contribution in [3.05, 3.63) is 60.2 Å². The number of hydrogen-bond donors (Lipinski definition) is 2. The average molecular weight is 545 g/mol. The monoisotopic (exact) mass is 544 g/mol. The largest absolute Gasteiger partial charge is 0.451 e. The Hall–Kier alpha value is -3.64. The summed E-state index contributed by atoms with van der Waals surface area (Å²) in [5, 5.41) is 5.50. The fraction of sp³-hybridized carbons (Fsp3) is 0.385. The number of nitrogens with one attached hydrogen (secondary N) is 2. The third-order valence-corrected chi connectivity index (χ3v) is 7.90. The van der Waals surface area contributed by atoms with E-state index in [1.54, 1.807) is 0 Å². The molecule has 1 aliphatic rings. The molecule has 2 aromatic heterocycles. The first kappa shape index (κ1) is 27.4. The molecular formula is C26H29FN4O6S. The van der Waals surface area contributed by atoms with Crippen molar-refractivity contribution in [3.8, 4) is 0 Å². The Morgan fingerprint density at radius 2 is 2.03 bits per heavy atom. The van der Waals surface area contributed by atoms with E-state index in [2.05, 4.69) is 15.6 Å². The minimum Gasteiger partial charge on any atom is -0.451 e. The fourth-order valence-electron chi connectivity index (χ4n) is 4.40. The van der Waals surface area contributed by atoms with Gasteiger partial charge in [-0.1, -0.05) is 19.9 Å². The predicted molar refractivity (Wildman–Crippen MR) is 136 cm³/mol. The van der Waals surface area contributed by atoms with Crippen LogP contribution >= 0.6 is 0 Å². The first-order valence-corrected chi connectivity index (χ1v) is 13.7. The van der Waals surface area contributed by atoms with Gasteiger partial charge in [0.2, 0.25) is 0 Å². The normalized spacial score (nSPS) is 17.3. The number of pyridine rings is 1. The molecule has 3 heterocycles. The molecule has 3 aromatic rings. The highest BCUT2D eigenvalue weighted by Crippen LogP contribution is 2.25. The van der Waals surface area contributed by atoms with E-state index in [4.69, 9.17) is 4.42 Å². The van der Waals surface area contributed by atoms with E-state index in [0.29, 0.717) is 22.7 Å². The molecule has 1 aliphatic heterocycles. The number of benzene rings is 1. The summed E-state index contributed by atoms with van der Waals surface area (Å²) < 4.78 is 47.2. The van der Waals surface area contributed by atoms with Crippen molar-refractivity contribution < 1.29 is 31.6 Å². The Morgan fingerprint density at radius 3 is 2.74 bits per heavy atom. The Kier molecular flexibility index (Phi) is 8.22. The van der Waals surface area contributed by atoms with E-state index in [1.807, 2.05) is 13.8 Å². The van der Waals surface area contributed by atoms with Crippen molar-refractivity contribution in [3.63, 3.8) is 0 Å². The highest BCUT2D eigenvalue weighted by atomic mass is 32.2. The quantitative estimate of drug-likeness (QED) is 0.441. The molecule has 0 bridgehead atoms. The summed E-state index contributed by atoms with van der Waals surface area (Å²) in [5.41, 5.74) is 0.277. The number of aromatic nitrogens is 1. The molecule has 12 heteroatoms. The maximum absolute atomic E-state index is 14.0. The molecule has 4 rings (SSSR count). The number of ketones is 1. The van der Waals surface area contributed by atoms with Crippen LogP contribution in [0.5, 0.6) is 0 Å². The molecule has 38 heavy (non-hydrogen) atoms. The molecular weight excluding hydrogens is 515 g/mol. The van der Waals surface area contributed by atoms with Gasteiger partial charge in [-0.15, -0.1) is 0 Å². The van der Waals surface area contributed by atoms with Crippen LogP contribution in [0.4, 0.5) is 4.39 Å². The Labute approximate surface area is 219 Å². The lowest BCUT2D eigenvalue weighted by atomic mass is 10.0. The minimum absolute atomic E-state index is 0.0901. The van der Waals surface area contributed by atoms with Crippen molar-refractivity contribution in [2.45, 2.75) is 50.2 Å². The van der Waals surface area contributed by atoms with Crippen LogP contribution in [0.1, 0.15) is 43.7 Å². The lowest BCUT2D eigenvalue weighted by molar-refractivity contribution is -0.135. The number of halogens is 1. The van der Waals surface area contributed by atoms with Crippen LogP contribution in [-0.2, 0) is 19.6 Å². The molecule has 1 unspecified atom stereocenters. The van der Waals surface area contributed by atoms with Crippen LogP contribution in [0.3, 0.4) is 0 Å². The summed E-state index contributed by atoms with van der Waals surface area (Å²) >= 11 is 0. The first-order chi connectivity index (χ1) is 18.1. The number of rotatable bonds is 8. The van der Waals surface area contributed by atoms with Gasteiger partial charge in [-0.05, 0) is 68.1 Å². The molecule has 202 valence electrons. The molecule has 0 aliphatic carbocycles. The average Bonchev–Trinajstić information content (AvgIpc) is 3.19. The van der Waals surface area contributed by atoms with E-state index in [-0.39, 0.29) is 41.7 Å². The fourth-order valence-corrected chi connectivity index (χ4v) is 5.97. The number of carbonyl (C=O) groups is 3. The van der Waals surface area contributed by atoms with Crippen LogP contribution in [0.15, 0.2) is 58.1 Å². The third kappa shape index (κ3) is 5.91. The molecule has 2 N–H and O–H groups in total.